The minimum absolute atomic E-state index is 0.605. The number of nitrogens with zero attached hydrogens (tertiary/aromatic N) is 3. The maximum Gasteiger partial charge on any atom is 0.0719 e. The van der Waals surface area contributed by atoms with E-state index < -0.39 is 0 Å². The molecule has 5 heteroatoms. The molecule has 0 amide bonds. The van der Waals surface area contributed by atoms with Crippen molar-refractivity contribution in [1.29, 1.82) is 0 Å². The lowest BCUT2D eigenvalue weighted by Crippen LogP contribution is -2.33. The fourth-order valence-corrected chi connectivity index (χ4v) is 2.09. The van der Waals surface area contributed by atoms with Gasteiger partial charge in [0.2, 0.25) is 0 Å². The summed E-state index contributed by atoms with van der Waals surface area (Å²) in [4.78, 5) is 2.34. The Kier molecular flexibility index (Phi) is 4.98. The molecule has 1 unspecified atom stereocenters. The van der Waals surface area contributed by atoms with E-state index in [4.69, 9.17) is 5.73 Å². The molecule has 15 heavy (non-hydrogen) atoms. The Morgan fingerprint density at radius 2 is 2.40 bits per heavy atom. The van der Waals surface area contributed by atoms with Gasteiger partial charge in [-0.05, 0) is 20.2 Å². The van der Waals surface area contributed by atoms with Gasteiger partial charge in [-0.25, -0.2) is 0 Å². The summed E-state index contributed by atoms with van der Waals surface area (Å²) in [5.41, 5.74) is 6.32. The van der Waals surface area contributed by atoms with Crippen LogP contribution in [0, 0.1) is 0 Å². The van der Waals surface area contributed by atoms with E-state index in [0.29, 0.717) is 6.04 Å². The molecule has 0 bridgehead atoms. The maximum absolute atomic E-state index is 5.59. The van der Waals surface area contributed by atoms with Gasteiger partial charge < -0.3 is 10.6 Å². The highest BCUT2D eigenvalue weighted by molar-refractivity contribution is 7.98. The van der Waals surface area contributed by atoms with Crippen molar-refractivity contribution in [3.63, 3.8) is 0 Å². The average Bonchev–Trinajstić information content (AvgIpc) is 2.61. The second-order valence-corrected chi connectivity index (χ2v) is 4.73. The predicted molar refractivity (Wildman–Crippen MR) is 67.1 cm³/mol. The summed E-state index contributed by atoms with van der Waals surface area (Å²) in [6.07, 6.45) is 5.69. The molecule has 0 saturated heterocycles. The average molecular weight is 228 g/mol. The second kappa shape index (κ2) is 6.02. The van der Waals surface area contributed by atoms with Crippen LogP contribution in [0.1, 0.15) is 6.92 Å². The summed E-state index contributed by atoms with van der Waals surface area (Å²) in [6.45, 7) is 4.14. The van der Waals surface area contributed by atoms with E-state index in [2.05, 4.69) is 30.2 Å². The Morgan fingerprint density at radius 1 is 1.67 bits per heavy atom. The van der Waals surface area contributed by atoms with Crippen LogP contribution >= 0.6 is 11.8 Å². The predicted octanol–water partition coefficient (Wildman–Crippen LogP) is 1.15. The van der Waals surface area contributed by atoms with Crippen molar-refractivity contribution in [2.24, 2.45) is 0 Å². The van der Waals surface area contributed by atoms with E-state index in [1.165, 1.54) is 0 Å². The van der Waals surface area contributed by atoms with Crippen molar-refractivity contribution in [3.05, 3.63) is 12.4 Å². The SMILES string of the molecule is CSCC(C)N(C)CCn1cc(N)cn1. The summed E-state index contributed by atoms with van der Waals surface area (Å²) >= 11 is 1.88. The van der Waals surface area contributed by atoms with Gasteiger partial charge in [-0.3, -0.25) is 4.68 Å². The van der Waals surface area contributed by atoms with Gasteiger partial charge in [0.05, 0.1) is 18.4 Å². The first kappa shape index (κ1) is 12.4. The van der Waals surface area contributed by atoms with Crippen LogP contribution in [0.3, 0.4) is 0 Å². The third-order valence-corrected chi connectivity index (χ3v) is 3.31. The lowest BCUT2D eigenvalue weighted by molar-refractivity contribution is 0.262. The number of nitrogens with two attached hydrogens (primary N) is 1. The summed E-state index contributed by atoms with van der Waals surface area (Å²) in [5.74, 6) is 1.16. The van der Waals surface area contributed by atoms with Crippen LogP contribution in [0.2, 0.25) is 0 Å². The lowest BCUT2D eigenvalue weighted by Gasteiger charge is -2.23. The van der Waals surface area contributed by atoms with E-state index in [1.54, 1.807) is 6.20 Å². The molecule has 0 spiro atoms. The zero-order valence-corrected chi connectivity index (χ0v) is 10.5. The molecular weight excluding hydrogens is 208 g/mol. The van der Waals surface area contributed by atoms with E-state index in [1.807, 2.05) is 22.6 Å². The Bertz CT molecular complexity index is 287. The van der Waals surface area contributed by atoms with Gasteiger partial charge in [-0.2, -0.15) is 16.9 Å². The van der Waals surface area contributed by atoms with Crippen LogP contribution in [0.4, 0.5) is 5.69 Å². The van der Waals surface area contributed by atoms with Crippen LogP contribution in [-0.4, -0.2) is 46.3 Å². The molecule has 1 rings (SSSR count). The van der Waals surface area contributed by atoms with E-state index in [0.717, 1.165) is 24.5 Å². The number of nitrogen functional groups attached to an aromatic ring is 1. The fraction of sp³-hybridized carbons (Fsp3) is 0.700. The molecule has 2 N–H and O–H groups in total. The molecule has 4 nitrogen and oxygen atoms in total. The summed E-state index contributed by atoms with van der Waals surface area (Å²) in [5, 5.41) is 4.15. The number of hydrogen-bond donors (Lipinski definition) is 1. The zero-order valence-electron chi connectivity index (χ0n) is 9.68. The first-order valence-corrected chi connectivity index (χ1v) is 6.50. The Hall–Kier alpha value is -0.680. The van der Waals surface area contributed by atoms with Crippen molar-refractivity contribution in [2.45, 2.75) is 19.5 Å². The molecule has 1 atom stereocenters. The molecule has 86 valence electrons. The second-order valence-electron chi connectivity index (χ2n) is 3.82. The number of rotatable bonds is 6. The van der Waals surface area contributed by atoms with Gasteiger partial charge in [0.15, 0.2) is 0 Å². The molecule has 1 aromatic heterocycles. The summed E-state index contributed by atoms with van der Waals surface area (Å²) < 4.78 is 1.89. The summed E-state index contributed by atoms with van der Waals surface area (Å²) in [7, 11) is 2.15. The smallest absolute Gasteiger partial charge is 0.0719 e. The van der Waals surface area contributed by atoms with Crippen molar-refractivity contribution < 1.29 is 0 Å². The molecule has 1 heterocycles. The minimum Gasteiger partial charge on any atom is -0.396 e. The molecule has 1 aromatic rings. The van der Waals surface area contributed by atoms with Crippen molar-refractivity contribution in [3.8, 4) is 0 Å². The first-order chi connectivity index (χ1) is 7.13. The molecule has 0 aliphatic rings. The fourth-order valence-electron chi connectivity index (χ4n) is 1.35. The quantitative estimate of drug-likeness (QED) is 0.793. The molecule has 0 saturated carbocycles. The molecule has 0 aliphatic carbocycles. The third kappa shape index (κ3) is 4.13. The number of aromatic nitrogens is 2. The van der Waals surface area contributed by atoms with Gasteiger partial charge >= 0.3 is 0 Å². The topological polar surface area (TPSA) is 47.1 Å². The number of anilines is 1. The highest BCUT2D eigenvalue weighted by atomic mass is 32.2. The number of likely N-dealkylation sites (N-methyl/N-ethyl adjacent to an activating group) is 1. The van der Waals surface area contributed by atoms with Crippen molar-refractivity contribution >= 4 is 17.4 Å². The van der Waals surface area contributed by atoms with Crippen LogP contribution in [0.15, 0.2) is 12.4 Å². The Morgan fingerprint density at radius 3 is 2.93 bits per heavy atom. The van der Waals surface area contributed by atoms with Crippen LogP contribution in [-0.2, 0) is 6.54 Å². The minimum atomic E-state index is 0.605. The lowest BCUT2D eigenvalue weighted by atomic mass is 10.3. The highest BCUT2D eigenvalue weighted by Crippen LogP contribution is 2.04. The Balaban J connectivity index is 2.30. The first-order valence-electron chi connectivity index (χ1n) is 5.10. The van der Waals surface area contributed by atoms with Crippen LogP contribution in [0.5, 0.6) is 0 Å². The van der Waals surface area contributed by atoms with Gasteiger partial charge in [-0.15, -0.1) is 0 Å². The molecule has 0 radical (unpaired) electrons. The van der Waals surface area contributed by atoms with E-state index in [-0.39, 0.29) is 0 Å². The van der Waals surface area contributed by atoms with Crippen LogP contribution < -0.4 is 5.73 Å². The van der Waals surface area contributed by atoms with E-state index >= 15 is 0 Å². The van der Waals surface area contributed by atoms with Crippen molar-refractivity contribution in [1.82, 2.24) is 14.7 Å². The number of hydrogen-bond acceptors (Lipinski definition) is 4. The van der Waals surface area contributed by atoms with Crippen molar-refractivity contribution in [2.75, 3.05) is 31.3 Å². The van der Waals surface area contributed by atoms with Crippen LogP contribution in [0.25, 0.3) is 0 Å². The van der Waals surface area contributed by atoms with Gasteiger partial charge in [0.1, 0.15) is 0 Å². The normalized spacial score (nSPS) is 13.3. The molecule has 0 aromatic carbocycles. The van der Waals surface area contributed by atoms with Gasteiger partial charge in [0, 0.05) is 24.5 Å². The largest absolute Gasteiger partial charge is 0.396 e. The monoisotopic (exact) mass is 228 g/mol. The van der Waals surface area contributed by atoms with Gasteiger partial charge in [-0.1, -0.05) is 0 Å². The molecule has 0 fully saturated rings. The third-order valence-electron chi connectivity index (χ3n) is 2.50. The highest BCUT2D eigenvalue weighted by Gasteiger charge is 2.07. The Labute approximate surface area is 95.8 Å². The maximum atomic E-state index is 5.59. The molecule has 0 aliphatic heterocycles. The van der Waals surface area contributed by atoms with E-state index in [9.17, 15) is 0 Å². The number of thioether (sulfide) groups is 1. The standard InChI is InChI=1S/C10H20N4S/c1-9(8-15-3)13(2)4-5-14-7-10(11)6-12-14/h6-7,9H,4-5,8,11H2,1-3H3. The summed E-state index contributed by atoms with van der Waals surface area (Å²) in [6, 6.07) is 0.605. The zero-order chi connectivity index (χ0) is 11.3. The van der Waals surface area contributed by atoms with Gasteiger partial charge in [0.25, 0.3) is 0 Å². The molecular formula is C10H20N4S.